The quantitative estimate of drug-likeness (QED) is 0.165. The van der Waals surface area contributed by atoms with Gasteiger partial charge in [0.05, 0.1) is 20.8 Å². The zero-order chi connectivity index (χ0) is 35.9. The molecule has 4 heterocycles. The van der Waals surface area contributed by atoms with Crippen LogP contribution in [-0.2, 0) is 31.9 Å². The van der Waals surface area contributed by atoms with Crippen molar-refractivity contribution in [1.29, 1.82) is 0 Å². The molecule has 0 aliphatic rings. The van der Waals surface area contributed by atoms with Gasteiger partial charge < -0.3 is 14.4 Å². The summed E-state index contributed by atoms with van der Waals surface area (Å²) >= 11 is 1.77. The summed E-state index contributed by atoms with van der Waals surface area (Å²) in [5, 5.41) is 3.36. The maximum absolute atomic E-state index is 6.54. The number of benzene rings is 4. The average Bonchev–Trinajstić information content (AvgIpc) is 3.71. The largest absolute Gasteiger partial charge is 0.501 e. The second-order valence-electron chi connectivity index (χ2n) is 15.5. The van der Waals surface area contributed by atoms with Crippen molar-refractivity contribution in [3.63, 3.8) is 0 Å². The summed E-state index contributed by atoms with van der Waals surface area (Å²) in [5.41, 5.74) is 13.0. The van der Waals surface area contributed by atoms with Gasteiger partial charge in [-0.2, -0.15) is 0 Å². The Balaban J connectivity index is 0.000000302. The second kappa shape index (κ2) is 14.9. The van der Waals surface area contributed by atoms with Crippen LogP contribution in [0.5, 0.6) is 0 Å². The molecular weight excluding hydrogens is 835 g/mol. The first-order valence-corrected chi connectivity index (χ1v) is 18.3. The maximum Gasteiger partial charge on any atom is 0.122 e. The third-order valence-corrected chi connectivity index (χ3v) is 10.5. The molecule has 1 radical (unpaired) electrons. The molecule has 0 aliphatic carbocycles. The maximum atomic E-state index is 6.54. The monoisotopic (exact) mass is 878 g/mol. The van der Waals surface area contributed by atoms with E-state index in [4.69, 9.17) is 14.4 Å². The predicted molar refractivity (Wildman–Crippen MR) is 214 cm³/mol. The number of pyridine rings is 2. The molecule has 0 aliphatic heterocycles. The van der Waals surface area contributed by atoms with E-state index in [1.807, 2.05) is 48.5 Å². The number of aryl methyl sites for hydroxylation is 2. The minimum Gasteiger partial charge on any atom is -0.501 e. The van der Waals surface area contributed by atoms with Crippen molar-refractivity contribution >= 4 is 43.5 Å². The van der Waals surface area contributed by atoms with Crippen LogP contribution in [0.4, 0.5) is 0 Å². The molecule has 0 fully saturated rings. The standard InChI is InChI=1S/C35H35N2OS.C11H8N.Ir/c1-20-11-9-12-21(2)29(20)25-19-36-27(17-22(25)18-34(3,4)5)23-13-10-14-24-30-28(38-31(23)24)16-15-26-32(30)39-33(37-26)35(6,7)8;1-2-6-10(7-3-1)11-8-4-5-9-12-11;/h9-12,14-17,19H,18H2,1-8H3;1-6,8-9H;/q2*-1;. The molecule has 52 heavy (non-hydrogen) atoms. The van der Waals surface area contributed by atoms with Gasteiger partial charge in [0.2, 0.25) is 0 Å². The van der Waals surface area contributed by atoms with Gasteiger partial charge in [-0.25, -0.2) is 4.98 Å². The van der Waals surface area contributed by atoms with Gasteiger partial charge in [-0.3, -0.25) is 0 Å². The number of nitrogens with zero attached hydrogens (tertiary/aromatic N) is 3. The summed E-state index contributed by atoms with van der Waals surface area (Å²) in [6.07, 6.45) is 4.78. The Bertz CT molecular complexity index is 2430. The molecular formula is C46H43IrN3OS-2. The van der Waals surface area contributed by atoms with Crippen LogP contribution < -0.4 is 0 Å². The third kappa shape index (κ3) is 7.66. The Kier molecular flexibility index (Phi) is 10.7. The van der Waals surface area contributed by atoms with Crippen molar-refractivity contribution < 1.29 is 24.5 Å². The van der Waals surface area contributed by atoms with Gasteiger partial charge in [-0.15, -0.1) is 65.4 Å². The summed E-state index contributed by atoms with van der Waals surface area (Å²) < 4.78 is 7.72. The molecule has 0 saturated heterocycles. The van der Waals surface area contributed by atoms with Gasteiger partial charge in [-0.05, 0) is 77.5 Å². The topological polar surface area (TPSA) is 51.8 Å². The number of furan rings is 1. The Morgan fingerprint density at radius 1 is 0.769 bits per heavy atom. The average molecular weight is 878 g/mol. The van der Waals surface area contributed by atoms with Crippen LogP contribution >= 0.6 is 11.3 Å². The molecule has 0 saturated carbocycles. The molecule has 0 unspecified atom stereocenters. The van der Waals surface area contributed by atoms with Crippen molar-refractivity contribution in [2.75, 3.05) is 0 Å². The SMILES string of the molecule is Cc1cccc(C)c1-c1cnc(-c2[c-]ccc3c2oc2ccc4nc(C(C)(C)C)sc4c23)cc1CC(C)(C)C.[Ir].[c-]1ccccc1-c1ccccn1. The van der Waals surface area contributed by atoms with E-state index in [1.54, 1.807) is 17.5 Å². The molecule has 0 amide bonds. The van der Waals surface area contributed by atoms with Gasteiger partial charge in [0.25, 0.3) is 0 Å². The zero-order valence-electron chi connectivity index (χ0n) is 31.0. The first-order chi connectivity index (χ1) is 24.4. The number of aromatic nitrogens is 3. The Morgan fingerprint density at radius 2 is 1.54 bits per heavy atom. The Morgan fingerprint density at radius 3 is 2.21 bits per heavy atom. The van der Waals surface area contributed by atoms with Crippen molar-refractivity contribution in [1.82, 2.24) is 15.0 Å². The molecule has 8 aromatic rings. The van der Waals surface area contributed by atoms with E-state index >= 15 is 0 Å². The Hall–Kier alpha value is -4.48. The third-order valence-electron chi connectivity index (χ3n) is 8.96. The van der Waals surface area contributed by atoms with Gasteiger partial charge >= 0.3 is 0 Å². The second-order valence-corrected chi connectivity index (χ2v) is 16.5. The van der Waals surface area contributed by atoms with E-state index in [0.717, 1.165) is 61.4 Å². The number of thiazole rings is 1. The molecule has 4 nitrogen and oxygen atoms in total. The van der Waals surface area contributed by atoms with Crippen LogP contribution in [0.15, 0.2) is 108 Å². The van der Waals surface area contributed by atoms with Crippen LogP contribution in [0.2, 0.25) is 0 Å². The van der Waals surface area contributed by atoms with E-state index < -0.39 is 0 Å². The molecule has 0 N–H and O–H groups in total. The Labute approximate surface area is 324 Å². The fourth-order valence-corrected chi connectivity index (χ4v) is 7.79. The van der Waals surface area contributed by atoms with E-state index in [0.29, 0.717) is 0 Å². The molecule has 6 heteroatoms. The minimum absolute atomic E-state index is 0. The van der Waals surface area contributed by atoms with Crippen molar-refractivity contribution in [2.45, 2.75) is 67.2 Å². The predicted octanol–water partition coefficient (Wildman–Crippen LogP) is 12.8. The van der Waals surface area contributed by atoms with Gasteiger partial charge in [0, 0.05) is 48.9 Å². The van der Waals surface area contributed by atoms with Gasteiger partial charge in [-0.1, -0.05) is 88.9 Å². The van der Waals surface area contributed by atoms with Crippen LogP contribution in [-0.4, -0.2) is 15.0 Å². The van der Waals surface area contributed by atoms with Crippen LogP contribution in [0.3, 0.4) is 0 Å². The zero-order valence-corrected chi connectivity index (χ0v) is 34.2. The normalized spacial score (nSPS) is 11.8. The number of fused-ring (bicyclic) bond motifs is 5. The fraction of sp³-hybridized carbons (Fsp3) is 0.239. The van der Waals surface area contributed by atoms with E-state index in [1.165, 1.54) is 32.5 Å². The van der Waals surface area contributed by atoms with Crippen molar-refractivity contribution in [3.05, 3.63) is 137 Å². The molecule has 4 aromatic heterocycles. The number of hydrogen-bond donors (Lipinski definition) is 0. The molecule has 8 rings (SSSR count). The number of hydrogen-bond acceptors (Lipinski definition) is 5. The molecule has 4 aromatic carbocycles. The summed E-state index contributed by atoms with van der Waals surface area (Å²) in [6, 6.07) is 37.3. The summed E-state index contributed by atoms with van der Waals surface area (Å²) in [4.78, 5) is 14.2. The van der Waals surface area contributed by atoms with E-state index in [2.05, 4.69) is 121 Å². The van der Waals surface area contributed by atoms with E-state index in [9.17, 15) is 0 Å². The summed E-state index contributed by atoms with van der Waals surface area (Å²) in [5.74, 6) is 0. The molecule has 0 atom stereocenters. The first-order valence-electron chi connectivity index (χ1n) is 17.5. The van der Waals surface area contributed by atoms with Crippen LogP contribution in [0.1, 0.15) is 63.2 Å². The van der Waals surface area contributed by atoms with Crippen molar-refractivity contribution in [3.8, 4) is 33.6 Å². The summed E-state index contributed by atoms with van der Waals surface area (Å²) in [7, 11) is 0. The van der Waals surface area contributed by atoms with Gasteiger partial charge in [0.1, 0.15) is 5.58 Å². The van der Waals surface area contributed by atoms with E-state index in [-0.39, 0.29) is 30.9 Å². The van der Waals surface area contributed by atoms with Crippen LogP contribution in [0.25, 0.3) is 65.8 Å². The van der Waals surface area contributed by atoms with Crippen molar-refractivity contribution in [2.24, 2.45) is 5.41 Å². The molecule has 0 bridgehead atoms. The molecule has 265 valence electrons. The minimum atomic E-state index is -0.000922. The smallest absolute Gasteiger partial charge is 0.122 e. The number of rotatable bonds is 4. The summed E-state index contributed by atoms with van der Waals surface area (Å²) in [6.45, 7) is 17.9. The fourth-order valence-electron chi connectivity index (χ4n) is 6.61. The van der Waals surface area contributed by atoms with Crippen LogP contribution in [0, 0.1) is 31.4 Å². The first kappa shape index (κ1) is 37.3. The van der Waals surface area contributed by atoms with Gasteiger partial charge in [0.15, 0.2) is 0 Å². The molecule has 0 spiro atoms.